The van der Waals surface area contributed by atoms with Gasteiger partial charge in [-0.25, -0.2) is 13.8 Å². The molecule has 3 aromatic rings. The molecule has 1 fully saturated rings. The number of carbonyl (C=O) groups excluding carboxylic acids is 1. The van der Waals surface area contributed by atoms with E-state index in [1.54, 1.807) is 16.2 Å². The second kappa shape index (κ2) is 6.64. The third kappa shape index (κ3) is 3.14. The zero-order chi connectivity index (χ0) is 18.3. The summed E-state index contributed by atoms with van der Waals surface area (Å²) in [5.41, 5.74) is 2.36. The van der Waals surface area contributed by atoms with Crippen molar-refractivity contribution in [3.8, 4) is 0 Å². The van der Waals surface area contributed by atoms with Crippen molar-refractivity contribution in [1.29, 1.82) is 0 Å². The average Bonchev–Trinajstić information content (AvgIpc) is 3.06. The number of anilines is 1. The van der Waals surface area contributed by atoms with Crippen molar-refractivity contribution in [3.05, 3.63) is 59.2 Å². The number of aryl methyl sites for hydroxylation is 1. The summed E-state index contributed by atoms with van der Waals surface area (Å²) in [7, 11) is 0. The molecule has 0 bridgehead atoms. The van der Waals surface area contributed by atoms with Crippen LogP contribution in [0.2, 0.25) is 0 Å². The highest BCUT2D eigenvalue weighted by Gasteiger charge is 2.24. The monoisotopic (exact) mass is 373 g/mol. The van der Waals surface area contributed by atoms with Gasteiger partial charge < -0.3 is 9.80 Å². The lowest BCUT2D eigenvalue weighted by Crippen LogP contribution is -2.48. The van der Waals surface area contributed by atoms with Gasteiger partial charge in [-0.05, 0) is 42.8 Å². The first-order valence-corrected chi connectivity index (χ1v) is 9.19. The summed E-state index contributed by atoms with van der Waals surface area (Å²) in [6.45, 7) is 4.42. The molecule has 1 aromatic heterocycles. The Bertz CT molecular complexity index is 980. The van der Waals surface area contributed by atoms with Gasteiger partial charge in [-0.2, -0.15) is 0 Å². The van der Waals surface area contributed by atoms with E-state index in [9.17, 15) is 13.6 Å². The largest absolute Gasteiger partial charge is 0.345 e. The molecule has 0 saturated carbocycles. The summed E-state index contributed by atoms with van der Waals surface area (Å²) in [4.78, 5) is 21.0. The van der Waals surface area contributed by atoms with Crippen molar-refractivity contribution >= 4 is 32.6 Å². The standard InChI is InChI=1S/C19H17F2N3OS/c1-12-2-5-16-17(10-12)26-19(22-16)24-8-6-23(7-9-24)18(25)13-3-4-14(20)15(21)11-13/h2-5,10-11H,6-9H2,1H3. The minimum atomic E-state index is -1.00. The molecular weight excluding hydrogens is 356 g/mol. The number of piperazine rings is 1. The van der Waals surface area contributed by atoms with Crippen molar-refractivity contribution in [2.45, 2.75) is 6.92 Å². The predicted octanol–water partition coefficient (Wildman–Crippen LogP) is 3.85. The zero-order valence-electron chi connectivity index (χ0n) is 14.2. The molecule has 2 heterocycles. The number of amides is 1. The van der Waals surface area contributed by atoms with Crippen LogP contribution in [0, 0.1) is 18.6 Å². The van der Waals surface area contributed by atoms with Gasteiger partial charge in [0.1, 0.15) is 0 Å². The Morgan fingerprint density at radius 3 is 2.54 bits per heavy atom. The van der Waals surface area contributed by atoms with Crippen LogP contribution in [0.25, 0.3) is 10.2 Å². The van der Waals surface area contributed by atoms with Crippen LogP contribution in [0.5, 0.6) is 0 Å². The van der Waals surface area contributed by atoms with Crippen LogP contribution in [0.3, 0.4) is 0 Å². The van der Waals surface area contributed by atoms with Crippen molar-refractivity contribution in [3.63, 3.8) is 0 Å². The molecule has 0 unspecified atom stereocenters. The lowest BCUT2D eigenvalue weighted by Gasteiger charge is -2.34. The highest BCUT2D eigenvalue weighted by atomic mass is 32.1. The van der Waals surface area contributed by atoms with Gasteiger partial charge in [-0.3, -0.25) is 4.79 Å². The van der Waals surface area contributed by atoms with Gasteiger partial charge in [-0.15, -0.1) is 0 Å². The number of carbonyl (C=O) groups is 1. The second-order valence-corrected chi connectivity index (χ2v) is 7.38. The summed E-state index contributed by atoms with van der Waals surface area (Å²) in [6.07, 6.45) is 0. The number of aromatic nitrogens is 1. The highest BCUT2D eigenvalue weighted by Crippen LogP contribution is 2.30. The minimum Gasteiger partial charge on any atom is -0.345 e. The number of benzene rings is 2. The maximum Gasteiger partial charge on any atom is 0.254 e. The molecule has 0 spiro atoms. The molecule has 0 radical (unpaired) electrons. The highest BCUT2D eigenvalue weighted by molar-refractivity contribution is 7.22. The van der Waals surface area contributed by atoms with E-state index in [1.807, 2.05) is 12.1 Å². The SMILES string of the molecule is Cc1ccc2nc(N3CCN(C(=O)c4ccc(F)c(F)c4)CC3)sc2c1. The Labute approximate surface area is 153 Å². The van der Waals surface area contributed by atoms with Gasteiger partial charge in [0.05, 0.1) is 10.2 Å². The number of hydrogen-bond acceptors (Lipinski definition) is 4. The minimum absolute atomic E-state index is 0.174. The van der Waals surface area contributed by atoms with Crippen LogP contribution in [-0.2, 0) is 0 Å². The van der Waals surface area contributed by atoms with Crippen LogP contribution < -0.4 is 4.90 Å². The van der Waals surface area contributed by atoms with Gasteiger partial charge in [0.2, 0.25) is 0 Å². The molecule has 1 amide bonds. The second-order valence-electron chi connectivity index (χ2n) is 6.38. The molecule has 1 aliphatic heterocycles. The molecule has 7 heteroatoms. The van der Waals surface area contributed by atoms with Gasteiger partial charge in [0, 0.05) is 31.7 Å². The smallest absolute Gasteiger partial charge is 0.254 e. The van der Waals surface area contributed by atoms with Gasteiger partial charge in [0.15, 0.2) is 16.8 Å². The number of fused-ring (bicyclic) bond motifs is 1. The lowest BCUT2D eigenvalue weighted by atomic mass is 10.1. The predicted molar refractivity (Wildman–Crippen MR) is 98.8 cm³/mol. The lowest BCUT2D eigenvalue weighted by molar-refractivity contribution is 0.0746. The molecule has 26 heavy (non-hydrogen) atoms. The van der Waals surface area contributed by atoms with E-state index >= 15 is 0 Å². The van der Waals surface area contributed by atoms with Crippen LogP contribution >= 0.6 is 11.3 Å². The fourth-order valence-electron chi connectivity index (χ4n) is 3.07. The van der Waals surface area contributed by atoms with E-state index < -0.39 is 11.6 Å². The van der Waals surface area contributed by atoms with Crippen molar-refractivity contribution in [2.24, 2.45) is 0 Å². The molecule has 4 nitrogen and oxygen atoms in total. The fraction of sp³-hybridized carbons (Fsp3) is 0.263. The van der Waals surface area contributed by atoms with Crippen LogP contribution in [0.1, 0.15) is 15.9 Å². The van der Waals surface area contributed by atoms with Crippen LogP contribution in [-0.4, -0.2) is 42.0 Å². The Morgan fingerprint density at radius 1 is 1.04 bits per heavy atom. The van der Waals surface area contributed by atoms with E-state index in [1.165, 1.54) is 11.6 Å². The van der Waals surface area contributed by atoms with Crippen molar-refractivity contribution in [1.82, 2.24) is 9.88 Å². The Kier molecular flexibility index (Phi) is 4.32. The van der Waals surface area contributed by atoms with Gasteiger partial charge in [-0.1, -0.05) is 17.4 Å². The molecule has 134 valence electrons. The topological polar surface area (TPSA) is 36.4 Å². The summed E-state index contributed by atoms with van der Waals surface area (Å²) >= 11 is 1.65. The Morgan fingerprint density at radius 2 is 1.81 bits per heavy atom. The molecular formula is C19H17F2N3OS. The number of rotatable bonds is 2. The molecule has 2 aromatic carbocycles. The third-order valence-electron chi connectivity index (χ3n) is 4.54. The molecule has 0 atom stereocenters. The first-order chi connectivity index (χ1) is 12.5. The van der Waals surface area contributed by atoms with Crippen molar-refractivity contribution < 1.29 is 13.6 Å². The zero-order valence-corrected chi connectivity index (χ0v) is 15.0. The van der Waals surface area contributed by atoms with Gasteiger partial charge >= 0.3 is 0 Å². The molecule has 0 N–H and O–H groups in total. The quantitative estimate of drug-likeness (QED) is 0.685. The fourth-order valence-corrected chi connectivity index (χ4v) is 4.18. The number of hydrogen-bond donors (Lipinski definition) is 0. The summed E-state index contributed by atoms with van der Waals surface area (Å²) in [5.74, 6) is -2.22. The Balaban J connectivity index is 1.46. The summed E-state index contributed by atoms with van der Waals surface area (Å²) in [5, 5.41) is 0.950. The van der Waals surface area contributed by atoms with E-state index in [4.69, 9.17) is 0 Å². The maximum absolute atomic E-state index is 13.4. The molecule has 1 saturated heterocycles. The summed E-state index contributed by atoms with van der Waals surface area (Å²) < 4.78 is 27.6. The van der Waals surface area contributed by atoms with Gasteiger partial charge in [0.25, 0.3) is 5.91 Å². The van der Waals surface area contributed by atoms with E-state index in [0.717, 1.165) is 27.5 Å². The van der Waals surface area contributed by atoms with E-state index in [2.05, 4.69) is 22.9 Å². The Hall–Kier alpha value is -2.54. The van der Waals surface area contributed by atoms with Crippen molar-refractivity contribution in [2.75, 3.05) is 31.1 Å². The van der Waals surface area contributed by atoms with Crippen LogP contribution in [0.4, 0.5) is 13.9 Å². The average molecular weight is 373 g/mol. The first-order valence-electron chi connectivity index (χ1n) is 8.38. The summed E-state index contributed by atoms with van der Waals surface area (Å²) in [6, 6.07) is 9.46. The maximum atomic E-state index is 13.4. The number of nitrogens with zero attached hydrogens (tertiary/aromatic N) is 3. The van der Waals surface area contributed by atoms with Crippen LogP contribution in [0.15, 0.2) is 36.4 Å². The van der Waals surface area contributed by atoms with E-state index in [-0.39, 0.29) is 11.5 Å². The number of halogens is 2. The molecule has 4 rings (SSSR count). The molecule has 0 aliphatic carbocycles. The number of thiazole rings is 1. The molecule has 1 aliphatic rings. The third-order valence-corrected chi connectivity index (χ3v) is 5.62. The first kappa shape index (κ1) is 16.9. The normalized spacial score (nSPS) is 14.9. The van der Waals surface area contributed by atoms with E-state index in [0.29, 0.717) is 26.2 Å².